The van der Waals surface area contributed by atoms with Crippen molar-refractivity contribution in [1.29, 1.82) is 0 Å². The first kappa shape index (κ1) is 21.0. The van der Waals surface area contributed by atoms with Gasteiger partial charge in [-0.25, -0.2) is 19.9 Å². The summed E-state index contributed by atoms with van der Waals surface area (Å²) in [4.78, 5) is 37.5. The third-order valence-corrected chi connectivity index (χ3v) is 6.89. The van der Waals surface area contributed by atoms with Crippen LogP contribution in [-0.2, 0) is 4.79 Å². The molecular weight excluding hydrogens is 432 g/mol. The highest BCUT2D eigenvalue weighted by atomic mass is 16.5. The molecule has 0 radical (unpaired) electrons. The van der Waals surface area contributed by atoms with E-state index in [9.17, 15) is 4.79 Å². The number of ether oxygens (including phenoxy) is 1. The molecular formula is C24H26N8O2. The Kier molecular flexibility index (Phi) is 5.17. The number of piperidine rings is 1. The topological polar surface area (TPSA) is 111 Å². The number of carbonyl (C=O) groups is 1. The molecule has 3 aromatic heterocycles. The molecule has 0 bridgehead atoms. The van der Waals surface area contributed by atoms with Gasteiger partial charge in [-0.1, -0.05) is 6.08 Å². The van der Waals surface area contributed by atoms with Crippen LogP contribution in [0.15, 0.2) is 29.9 Å². The zero-order chi connectivity index (χ0) is 23.2. The van der Waals surface area contributed by atoms with Crippen LogP contribution < -0.4 is 15.4 Å². The summed E-state index contributed by atoms with van der Waals surface area (Å²) in [6.45, 7) is 2.10. The molecule has 2 aliphatic heterocycles. The molecule has 1 amide bonds. The summed E-state index contributed by atoms with van der Waals surface area (Å²) >= 11 is 0. The Labute approximate surface area is 196 Å². The highest BCUT2D eigenvalue weighted by molar-refractivity contribution is 5.91. The van der Waals surface area contributed by atoms with Crippen molar-refractivity contribution in [2.24, 2.45) is 4.99 Å². The lowest BCUT2D eigenvalue weighted by Crippen LogP contribution is -2.36. The molecule has 3 aliphatic rings. The Morgan fingerprint density at radius 1 is 1.06 bits per heavy atom. The van der Waals surface area contributed by atoms with Crippen LogP contribution in [0.5, 0.6) is 5.88 Å². The average molecular weight is 459 g/mol. The minimum absolute atomic E-state index is 0.251. The standard InChI is InChI=1S/C24H26N8O2/c1-31-7-5-17(6-8-31)32-12-16(11-28-32)18-9-15-10-25-22(29-21(15)30-23(18)33)19-20(14-3-4-14)26-13-27-24(19)34-2/h9-14,17-18H,3-8H2,1-2H3. The van der Waals surface area contributed by atoms with Crippen LogP contribution in [0.2, 0.25) is 0 Å². The largest absolute Gasteiger partial charge is 0.480 e. The van der Waals surface area contributed by atoms with Crippen LogP contribution in [0, 0.1) is 0 Å². The second-order valence-electron chi connectivity index (χ2n) is 9.27. The third kappa shape index (κ3) is 3.77. The van der Waals surface area contributed by atoms with Crippen LogP contribution in [0.25, 0.3) is 17.5 Å². The van der Waals surface area contributed by atoms with Crippen molar-refractivity contribution < 1.29 is 9.53 Å². The molecule has 10 nitrogen and oxygen atoms in total. The van der Waals surface area contributed by atoms with Crippen molar-refractivity contribution in [3.63, 3.8) is 0 Å². The monoisotopic (exact) mass is 458 g/mol. The normalized spacial score (nSPS) is 21.0. The van der Waals surface area contributed by atoms with Gasteiger partial charge in [0.1, 0.15) is 11.9 Å². The molecule has 0 aromatic carbocycles. The number of amides is 1. The highest BCUT2D eigenvalue weighted by Gasteiger charge is 2.32. The summed E-state index contributed by atoms with van der Waals surface area (Å²) in [6.07, 6.45) is 13.1. The molecule has 34 heavy (non-hydrogen) atoms. The smallest absolute Gasteiger partial charge is 0.259 e. The number of fused-ring (bicyclic) bond motifs is 1. The molecule has 174 valence electrons. The number of likely N-dealkylation sites (tertiary alicyclic amines) is 1. The fourth-order valence-corrected chi connectivity index (χ4v) is 4.76. The van der Waals surface area contributed by atoms with Crippen molar-refractivity contribution in [3.05, 3.63) is 46.9 Å². The van der Waals surface area contributed by atoms with Crippen LogP contribution >= 0.6 is 0 Å². The molecule has 0 N–H and O–H groups in total. The van der Waals surface area contributed by atoms with Crippen molar-refractivity contribution in [2.75, 3.05) is 27.2 Å². The molecule has 1 unspecified atom stereocenters. The maximum absolute atomic E-state index is 13.0. The summed E-state index contributed by atoms with van der Waals surface area (Å²) in [5, 5.41) is 5.29. The van der Waals surface area contributed by atoms with Gasteiger partial charge in [-0.2, -0.15) is 10.1 Å². The van der Waals surface area contributed by atoms with Gasteiger partial charge in [0.25, 0.3) is 5.91 Å². The average Bonchev–Trinajstić information content (AvgIpc) is 3.60. The quantitative estimate of drug-likeness (QED) is 0.557. The molecule has 2 fully saturated rings. The number of methoxy groups -OCH3 is 1. The van der Waals surface area contributed by atoms with Crippen LogP contribution in [0.3, 0.4) is 0 Å². The Balaban J connectivity index is 1.33. The van der Waals surface area contributed by atoms with Gasteiger partial charge in [-0.05, 0) is 45.8 Å². The predicted octanol–water partition coefficient (Wildman–Crippen LogP) is 1.01. The summed E-state index contributed by atoms with van der Waals surface area (Å²) in [7, 11) is 3.71. The van der Waals surface area contributed by atoms with Gasteiger partial charge < -0.3 is 9.64 Å². The van der Waals surface area contributed by atoms with Gasteiger partial charge >= 0.3 is 0 Å². The number of hydrogen-bond acceptors (Lipinski definition) is 8. The second kappa shape index (κ2) is 8.35. The first-order chi connectivity index (χ1) is 16.6. The van der Waals surface area contributed by atoms with Crippen molar-refractivity contribution in [3.8, 4) is 17.3 Å². The van der Waals surface area contributed by atoms with Gasteiger partial charge in [0, 0.05) is 29.1 Å². The number of aromatic nitrogens is 6. The Hall–Kier alpha value is -3.53. The molecule has 1 atom stereocenters. The summed E-state index contributed by atoms with van der Waals surface area (Å²) in [5.41, 5.74) is 2.77. The molecule has 6 rings (SSSR count). The maximum Gasteiger partial charge on any atom is 0.259 e. The molecule has 1 saturated heterocycles. The van der Waals surface area contributed by atoms with Crippen LogP contribution in [-0.4, -0.2) is 67.8 Å². The van der Waals surface area contributed by atoms with Gasteiger partial charge in [-0.15, -0.1) is 0 Å². The fourth-order valence-electron chi connectivity index (χ4n) is 4.76. The molecule has 3 aromatic rings. The Bertz CT molecular complexity index is 1370. The van der Waals surface area contributed by atoms with Crippen LogP contribution in [0.4, 0.5) is 0 Å². The van der Waals surface area contributed by atoms with E-state index in [-0.39, 0.29) is 5.91 Å². The fraction of sp³-hybridized carbons (Fsp3) is 0.458. The SMILES string of the molecule is COc1ncnc(C2CC2)c1-c1ncc2c(n1)=NC(=O)C(c1cnn(C3CCN(C)CC3)c1)C=2. The van der Waals surface area contributed by atoms with Gasteiger partial charge in [-0.3, -0.25) is 9.48 Å². The summed E-state index contributed by atoms with van der Waals surface area (Å²) in [5.74, 6) is 0.484. The lowest BCUT2D eigenvalue weighted by molar-refractivity contribution is -0.118. The third-order valence-electron chi connectivity index (χ3n) is 6.89. The minimum Gasteiger partial charge on any atom is -0.480 e. The number of nitrogens with zero attached hydrogens (tertiary/aromatic N) is 8. The van der Waals surface area contributed by atoms with Gasteiger partial charge in [0.05, 0.1) is 31.0 Å². The maximum atomic E-state index is 13.0. The Morgan fingerprint density at radius 2 is 1.88 bits per heavy atom. The van der Waals surface area contributed by atoms with Crippen molar-refractivity contribution in [2.45, 2.75) is 43.6 Å². The van der Waals surface area contributed by atoms with Gasteiger partial charge in [0.2, 0.25) is 5.88 Å². The first-order valence-corrected chi connectivity index (χ1v) is 11.7. The summed E-state index contributed by atoms with van der Waals surface area (Å²) < 4.78 is 7.47. The van der Waals surface area contributed by atoms with E-state index in [1.807, 2.05) is 17.0 Å². The molecule has 5 heterocycles. The summed E-state index contributed by atoms with van der Waals surface area (Å²) in [6, 6.07) is 0.363. The molecule has 1 aliphatic carbocycles. The van der Waals surface area contributed by atoms with Crippen LogP contribution in [0.1, 0.15) is 54.8 Å². The number of carbonyl (C=O) groups excluding carboxylic acids is 1. The van der Waals surface area contributed by atoms with E-state index in [0.717, 1.165) is 55.2 Å². The highest BCUT2D eigenvalue weighted by Crippen LogP contribution is 2.44. The molecule has 1 saturated carbocycles. The van der Waals surface area contributed by atoms with E-state index in [2.05, 4.69) is 42.0 Å². The van der Waals surface area contributed by atoms with E-state index in [1.54, 1.807) is 19.5 Å². The first-order valence-electron chi connectivity index (χ1n) is 11.7. The lowest BCUT2D eigenvalue weighted by atomic mass is 9.99. The van der Waals surface area contributed by atoms with E-state index in [1.165, 1.54) is 6.33 Å². The number of rotatable bonds is 5. The van der Waals surface area contributed by atoms with Crippen molar-refractivity contribution >= 4 is 12.0 Å². The molecule has 0 spiro atoms. The van der Waals surface area contributed by atoms with Gasteiger partial charge in [0.15, 0.2) is 11.3 Å². The lowest BCUT2D eigenvalue weighted by Gasteiger charge is -2.29. The predicted molar refractivity (Wildman–Crippen MR) is 123 cm³/mol. The number of hydrogen-bond donors (Lipinski definition) is 0. The minimum atomic E-state index is -0.487. The van der Waals surface area contributed by atoms with E-state index in [0.29, 0.717) is 34.7 Å². The Morgan fingerprint density at radius 3 is 2.65 bits per heavy atom. The van der Waals surface area contributed by atoms with E-state index < -0.39 is 5.92 Å². The van der Waals surface area contributed by atoms with E-state index >= 15 is 0 Å². The van der Waals surface area contributed by atoms with E-state index in [4.69, 9.17) is 4.74 Å². The van der Waals surface area contributed by atoms with Crippen molar-refractivity contribution in [1.82, 2.24) is 34.6 Å². The zero-order valence-corrected chi connectivity index (χ0v) is 19.3. The zero-order valence-electron chi connectivity index (χ0n) is 19.3. The molecule has 10 heteroatoms. The second-order valence-corrected chi connectivity index (χ2v) is 9.27.